The van der Waals surface area contributed by atoms with Gasteiger partial charge in [-0.15, -0.1) is 0 Å². The van der Waals surface area contributed by atoms with E-state index in [0.29, 0.717) is 18.5 Å². The highest BCUT2D eigenvalue weighted by atomic mass is 15.3. The molecule has 1 saturated heterocycles. The molecule has 0 spiro atoms. The largest absolute Gasteiger partial charge is 0.301 e. The molecule has 0 saturated carbocycles. The average molecular weight is 195 g/mol. The van der Waals surface area contributed by atoms with E-state index in [2.05, 4.69) is 36.8 Å². The molecule has 14 heavy (non-hydrogen) atoms. The number of hydrogen-bond acceptors (Lipinski definition) is 3. The molecule has 1 aliphatic heterocycles. The van der Waals surface area contributed by atoms with Crippen LogP contribution < -0.4 is 0 Å². The van der Waals surface area contributed by atoms with Crippen LogP contribution >= 0.6 is 0 Å². The maximum atomic E-state index is 8.66. The fourth-order valence-corrected chi connectivity index (χ4v) is 2.07. The van der Waals surface area contributed by atoms with Gasteiger partial charge in [-0.3, -0.25) is 4.90 Å². The fourth-order valence-electron chi connectivity index (χ4n) is 2.07. The van der Waals surface area contributed by atoms with E-state index in [1.807, 2.05) is 0 Å². The summed E-state index contributed by atoms with van der Waals surface area (Å²) in [7, 11) is 2.19. The van der Waals surface area contributed by atoms with Crippen LogP contribution in [-0.4, -0.2) is 48.6 Å². The first-order valence-corrected chi connectivity index (χ1v) is 5.50. The number of piperazine rings is 1. The molecule has 1 fully saturated rings. The Morgan fingerprint density at radius 3 is 2.79 bits per heavy atom. The van der Waals surface area contributed by atoms with Crippen LogP contribution in [0.2, 0.25) is 0 Å². The Bertz CT molecular complexity index is 209. The lowest BCUT2D eigenvalue weighted by Crippen LogP contribution is -2.53. The molecule has 3 nitrogen and oxygen atoms in total. The SMILES string of the molecule is CCC1CN(C(C)CC#N)CCN1C. The second-order valence-corrected chi connectivity index (χ2v) is 4.25. The Hall–Kier alpha value is -0.590. The zero-order chi connectivity index (χ0) is 10.6. The fraction of sp³-hybridized carbons (Fsp3) is 0.909. The van der Waals surface area contributed by atoms with Gasteiger partial charge in [0.2, 0.25) is 0 Å². The van der Waals surface area contributed by atoms with Gasteiger partial charge in [-0.25, -0.2) is 0 Å². The average Bonchev–Trinajstić information content (AvgIpc) is 2.19. The first-order valence-electron chi connectivity index (χ1n) is 5.50. The molecule has 1 aliphatic rings. The van der Waals surface area contributed by atoms with Crippen LogP contribution in [0.4, 0.5) is 0 Å². The lowest BCUT2D eigenvalue weighted by molar-refractivity contribution is 0.0689. The summed E-state index contributed by atoms with van der Waals surface area (Å²) >= 11 is 0. The number of rotatable bonds is 3. The van der Waals surface area contributed by atoms with Crippen LogP contribution in [0.5, 0.6) is 0 Å². The predicted molar refractivity (Wildman–Crippen MR) is 58.0 cm³/mol. The summed E-state index contributed by atoms with van der Waals surface area (Å²) in [6.07, 6.45) is 1.85. The minimum absolute atomic E-state index is 0.419. The standard InChI is InChI=1S/C11H21N3/c1-4-11-9-14(8-7-13(11)3)10(2)5-6-12/h10-11H,4-5,7-9H2,1-3H3. The molecule has 1 heterocycles. The second kappa shape index (κ2) is 5.33. The van der Waals surface area contributed by atoms with Gasteiger partial charge in [0, 0.05) is 31.7 Å². The molecule has 2 unspecified atom stereocenters. The monoisotopic (exact) mass is 195 g/mol. The maximum Gasteiger partial charge on any atom is 0.0638 e. The van der Waals surface area contributed by atoms with Gasteiger partial charge < -0.3 is 4.90 Å². The molecule has 0 aromatic rings. The lowest BCUT2D eigenvalue weighted by Gasteiger charge is -2.41. The molecule has 2 atom stereocenters. The summed E-state index contributed by atoms with van der Waals surface area (Å²) < 4.78 is 0. The highest BCUT2D eigenvalue weighted by Crippen LogP contribution is 2.14. The highest BCUT2D eigenvalue weighted by Gasteiger charge is 2.25. The van der Waals surface area contributed by atoms with Crippen LogP contribution in [0, 0.1) is 11.3 Å². The van der Waals surface area contributed by atoms with Crippen LogP contribution in [0.25, 0.3) is 0 Å². The third kappa shape index (κ3) is 2.70. The number of nitrogens with zero attached hydrogens (tertiary/aromatic N) is 3. The van der Waals surface area contributed by atoms with E-state index in [-0.39, 0.29) is 0 Å². The number of nitriles is 1. The molecule has 0 aromatic carbocycles. The molecule has 80 valence electrons. The van der Waals surface area contributed by atoms with Crippen LogP contribution in [-0.2, 0) is 0 Å². The van der Waals surface area contributed by atoms with Crippen molar-refractivity contribution in [1.82, 2.24) is 9.80 Å². The molecule has 3 heteroatoms. The molecular weight excluding hydrogens is 174 g/mol. The quantitative estimate of drug-likeness (QED) is 0.680. The van der Waals surface area contributed by atoms with E-state index in [1.165, 1.54) is 6.42 Å². The van der Waals surface area contributed by atoms with Crippen molar-refractivity contribution in [3.63, 3.8) is 0 Å². The molecule has 0 N–H and O–H groups in total. The zero-order valence-electron chi connectivity index (χ0n) is 9.53. The lowest BCUT2D eigenvalue weighted by atomic mass is 10.1. The van der Waals surface area contributed by atoms with Crippen LogP contribution in [0.15, 0.2) is 0 Å². The zero-order valence-corrected chi connectivity index (χ0v) is 9.53. The van der Waals surface area contributed by atoms with Crippen LogP contribution in [0.3, 0.4) is 0 Å². The van der Waals surface area contributed by atoms with Crippen molar-refractivity contribution in [1.29, 1.82) is 5.26 Å². The van der Waals surface area contributed by atoms with Crippen molar-refractivity contribution in [3.05, 3.63) is 0 Å². The van der Waals surface area contributed by atoms with Gasteiger partial charge in [-0.1, -0.05) is 6.92 Å². The van der Waals surface area contributed by atoms with Crippen molar-refractivity contribution >= 4 is 0 Å². The molecular formula is C11H21N3. The van der Waals surface area contributed by atoms with Crippen molar-refractivity contribution in [2.24, 2.45) is 0 Å². The molecule has 0 aromatic heterocycles. The smallest absolute Gasteiger partial charge is 0.0638 e. The summed E-state index contributed by atoms with van der Waals surface area (Å²) in [5, 5.41) is 8.66. The van der Waals surface area contributed by atoms with Crippen molar-refractivity contribution in [2.45, 2.75) is 38.8 Å². The van der Waals surface area contributed by atoms with Gasteiger partial charge in [0.15, 0.2) is 0 Å². The first kappa shape index (κ1) is 11.5. The van der Waals surface area contributed by atoms with Gasteiger partial charge >= 0.3 is 0 Å². The topological polar surface area (TPSA) is 30.3 Å². The van der Waals surface area contributed by atoms with E-state index in [0.717, 1.165) is 19.6 Å². The first-order chi connectivity index (χ1) is 6.69. The second-order valence-electron chi connectivity index (χ2n) is 4.25. The highest BCUT2D eigenvalue weighted by molar-refractivity contribution is 4.86. The number of hydrogen-bond donors (Lipinski definition) is 0. The Balaban J connectivity index is 2.46. The van der Waals surface area contributed by atoms with Gasteiger partial charge in [0.1, 0.15) is 0 Å². The molecule has 1 rings (SSSR count). The summed E-state index contributed by atoms with van der Waals surface area (Å²) in [6.45, 7) is 7.75. The molecule has 0 amide bonds. The van der Waals surface area contributed by atoms with E-state index in [1.54, 1.807) is 0 Å². The predicted octanol–water partition coefficient (Wildman–Crippen LogP) is 1.31. The molecule has 0 radical (unpaired) electrons. The Morgan fingerprint density at radius 2 is 2.21 bits per heavy atom. The molecule has 0 aliphatic carbocycles. The van der Waals surface area contributed by atoms with Crippen molar-refractivity contribution in [3.8, 4) is 6.07 Å². The van der Waals surface area contributed by atoms with Gasteiger partial charge in [0.25, 0.3) is 0 Å². The van der Waals surface area contributed by atoms with E-state index < -0.39 is 0 Å². The Morgan fingerprint density at radius 1 is 1.50 bits per heavy atom. The van der Waals surface area contributed by atoms with E-state index in [4.69, 9.17) is 5.26 Å². The summed E-state index contributed by atoms with van der Waals surface area (Å²) in [4.78, 5) is 4.87. The van der Waals surface area contributed by atoms with Crippen LogP contribution in [0.1, 0.15) is 26.7 Å². The van der Waals surface area contributed by atoms with Gasteiger partial charge in [0.05, 0.1) is 12.5 Å². The van der Waals surface area contributed by atoms with Crippen molar-refractivity contribution in [2.75, 3.05) is 26.7 Å². The maximum absolute atomic E-state index is 8.66. The normalized spacial score (nSPS) is 27.1. The van der Waals surface area contributed by atoms with E-state index >= 15 is 0 Å². The van der Waals surface area contributed by atoms with Gasteiger partial charge in [-0.2, -0.15) is 5.26 Å². The van der Waals surface area contributed by atoms with Gasteiger partial charge in [-0.05, 0) is 20.4 Å². The summed E-state index contributed by atoms with van der Waals surface area (Å²) in [6, 6.07) is 3.34. The van der Waals surface area contributed by atoms with Crippen molar-refractivity contribution < 1.29 is 0 Å². The third-order valence-corrected chi connectivity index (χ3v) is 3.29. The third-order valence-electron chi connectivity index (χ3n) is 3.29. The van der Waals surface area contributed by atoms with E-state index in [9.17, 15) is 0 Å². The Kier molecular flexibility index (Phi) is 4.37. The minimum Gasteiger partial charge on any atom is -0.301 e. The summed E-state index contributed by atoms with van der Waals surface area (Å²) in [5.74, 6) is 0. The number of likely N-dealkylation sites (N-methyl/N-ethyl adjacent to an activating group) is 1. The summed E-state index contributed by atoms with van der Waals surface area (Å²) in [5.41, 5.74) is 0. The molecule has 0 bridgehead atoms. The Labute approximate surface area is 87.3 Å². The minimum atomic E-state index is 0.419.